The summed E-state index contributed by atoms with van der Waals surface area (Å²) >= 11 is 6.22. The van der Waals surface area contributed by atoms with Gasteiger partial charge in [-0.2, -0.15) is 0 Å². The maximum Gasteiger partial charge on any atom is 0.357 e. The number of ether oxygens (including phenoxy) is 3. The number of benzene rings is 2. The van der Waals surface area contributed by atoms with E-state index in [1.165, 1.54) is 7.11 Å². The van der Waals surface area contributed by atoms with Crippen LogP contribution in [0.1, 0.15) is 12.5 Å². The molecule has 3 rings (SSSR count). The zero-order valence-electron chi connectivity index (χ0n) is 12.0. The van der Waals surface area contributed by atoms with E-state index in [1.54, 1.807) is 14.0 Å². The average Bonchev–Trinajstić information content (AvgIpc) is 3.10. The van der Waals surface area contributed by atoms with Crippen molar-refractivity contribution in [3.05, 3.63) is 42.0 Å². The van der Waals surface area contributed by atoms with Gasteiger partial charge < -0.3 is 14.2 Å². The molecule has 0 saturated carbocycles. The molecule has 2 aromatic carbocycles. The molecule has 0 amide bonds. The summed E-state index contributed by atoms with van der Waals surface area (Å²) in [5.41, 5.74) is -0.0453. The predicted octanol–water partition coefficient (Wildman–Crippen LogP) is 3.20. The van der Waals surface area contributed by atoms with Crippen LogP contribution in [0.2, 0.25) is 0 Å². The third kappa shape index (κ3) is 1.98. The lowest BCUT2D eigenvalue weighted by Crippen LogP contribution is -2.26. The number of fused-ring (bicyclic) bond motifs is 1. The van der Waals surface area contributed by atoms with Crippen LogP contribution in [0.15, 0.2) is 36.4 Å². The van der Waals surface area contributed by atoms with Crippen LogP contribution >= 0.6 is 11.6 Å². The van der Waals surface area contributed by atoms with Crippen molar-refractivity contribution in [3.63, 3.8) is 0 Å². The maximum atomic E-state index is 11.7. The van der Waals surface area contributed by atoms with Gasteiger partial charge >= 0.3 is 5.97 Å². The Kier molecular flexibility index (Phi) is 3.11. The van der Waals surface area contributed by atoms with Crippen LogP contribution in [0.3, 0.4) is 0 Å². The van der Waals surface area contributed by atoms with E-state index in [-0.39, 0.29) is 0 Å². The Balaban J connectivity index is 2.01. The van der Waals surface area contributed by atoms with Gasteiger partial charge in [0.15, 0.2) is 0 Å². The van der Waals surface area contributed by atoms with E-state index in [4.69, 9.17) is 25.8 Å². The van der Waals surface area contributed by atoms with E-state index < -0.39 is 16.6 Å². The second-order valence-electron chi connectivity index (χ2n) is 5.15. The average molecular weight is 307 g/mol. The molecule has 0 aromatic heterocycles. The lowest BCUT2D eigenvalue weighted by atomic mass is 9.94. The predicted molar refractivity (Wildman–Crippen MR) is 79.5 cm³/mol. The summed E-state index contributed by atoms with van der Waals surface area (Å²) in [6.07, 6.45) is 0. The molecule has 1 aliphatic heterocycles. The van der Waals surface area contributed by atoms with E-state index in [2.05, 4.69) is 0 Å². The van der Waals surface area contributed by atoms with Gasteiger partial charge in [-0.25, -0.2) is 4.79 Å². The van der Waals surface area contributed by atoms with Crippen LogP contribution in [0.25, 0.3) is 10.8 Å². The molecule has 1 saturated heterocycles. The highest BCUT2D eigenvalue weighted by molar-refractivity contribution is 6.35. The van der Waals surface area contributed by atoms with Gasteiger partial charge in [0.25, 0.3) is 5.06 Å². The molecule has 1 heterocycles. The molecule has 0 spiro atoms. The molecule has 110 valence electrons. The Morgan fingerprint density at radius 2 is 1.81 bits per heavy atom. The fourth-order valence-electron chi connectivity index (χ4n) is 2.52. The molecular formula is C16H15ClO4. The van der Waals surface area contributed by atoms with Gasteiger partial charge in [0.2, 0.25) is 0 Å². The van der Waals surface area contributed by atoms with Crippen molar-refractivity contribution in [2.24, 2.45) is 0 Å². The monoisotopic (exact) mass is 306 g/mol. The number of hydrogen-bond donors (Lipinski definition) is 0. The number of epoxide rings is 1. The second-order valence-corrected chi connectivity index (χ2v) is 5.68. The molecule has 5 heteroatoms. The third-order valence-corrected chi connectivity index (χ3v) is 4.55. The molecule has 0 N–H and O–H groups in total. The van der Waals surface area contributed by atoms with Crippen LogP contribution in [-0.4, -0.2) is 25.2 Å². The van der Waals surface area contributed by atoms with Crippen molar-refractivity contribution in [3.8, 4) is 5.75 Å². The van der Waals surface area contributed by atoms with E-state index >= 15 is 0 Å². The summed E-state index contributed by atoms with van der Waals surface area (Å²) in [5.74, 6) is 0.215. The largest absolute Gasteiger partial charge is 0.497 e. The zero-order valence-corrected chi connectivity index (χ0v) is 12.7. The highest BCUT2D eigenvalue weighted by Gasteiger charge is 2.73. The first kappa shape index (κ1) is 14.2. The van der Waals surface area contributed by atoms with Crippen LogP contribution in [-0.2, 0) is 19.9 Å². The first-order chi connectivity index (χ1) is 9.94. The molecule has 4 nitrogen and oxygen atoms in total. The third-order valence-electron chi connectivity index (χ3n) is 3.96. The van der Waals surface area contributed by atoms with Crippen molar-refractivity contribution >= 4 is 28.3 Å². The van der Waals surface area contributed by atoms with Gasteiger partial charge in [-0.15, -0.1) is 0 Å². The number of hydrogen-bond acceptors (Lipinski definition) is 4. The highest BCUT2D eigenvalue weighted by atomic mass is 35.5. The quantitative estimate of drug-likeness (QED) is 0.496. The molecule has 2 atom stereocenters. The zero-order chi connectivity index (χ0) is 15.3. The molecule has 0 bridgehead atoms. The summed E-state index contributed by atoms with van der Waals surface area (Å²) < 4.78 is 15.4. The van der Waals surface area contributed by atoms with Gasteiger partial charge in [-0.1, -0.05) is 29.8 Å². The number of methoxy groups -OCH3 is 2. The fraction of sp³-hybridized carbons (Fsp3) is 0.312. The second kappa shape index (κ2) is 4.61. The smallest absolute Gasteiger partial charge is 0.357 e. The number of carbonyl (C=O) groups is 1. The number of alkyl halides is 1. The number of carbonyl (C=O) groups excluding carboxylic acids is 1. The number of rotatable bonds is 3. The lowest BCUT2D eigenvalue weighted by molar-refractivity contribution is -0.143. The molecule has 0 radical (unpaired) electrons. The van der Waals surface area contributed by atoms with Crippen molar-refractivity contribution in [1.29, 1.82) is 0 Å². The lowest BCUT2D eigenvalue weighted by Gasteiger charge is -2.11. The van der Waals surface area contributed by atoms with Gasteiger partial charge in [-0.05, 0) is 41.5 Å². The van der Waals surface area contributed by atoms with Crippen molar-refractivity contribution < 1.29 is 19.0 Å². The summed E-state index contributed by atoms with van der Waals surface area (Å²) in [5, 5.41) is 0.622. The highest BCUT2D eigenvalue weighted by Crippen LogP contribution is 2.59. The minimum atomic E-state index is -1.44. The van der Waals surface area contributed by atoms with Gasteiger partial charge in [-0.3, -0.25) is 0 Å². The Hall–Kier alpha value is -1.78. The molecule has 1 fully saturated rings. The Morgan fingerprint density at radius 3 is 2.48 bits per heavy atom. The van der Waals surface area contributed by atoms with E-state index in [9.17, 15) is 4.79 Å². The number of esters is 1. The van der Waals surface area contributed by atoms with Crippen LogP contribution < -0.4 is 4.74 Å². The Morgan fingerprint density at radius 1 is 1.14 bits per heavy atom. The normalized spacial score (nSPS) is 27.4. The first-order valence-electron chi connectivity index (χ1n) is 6.50. The van der Waals surface area contributed by atoms with Crippen LogP contribution in [0.5, 0.6) is 5.75 Å². The molecular weight excluding hydrogens is 292 g/mol. The summed E-state index contributed by atoms with van der Waals surface area (Å²) in [4.78, 5) is 11.7. The van der Waals surface area contributed by atoms with Gasteiger partial charge in [0, 0.05) is 0 Å². The SMILES string of the molecule is COC(=O)C1(Cl)OC1(C)c1ccc2cc(OC)ccc2c1. The molecule has 21 heavy (non-hydrogen) atoms. The van der Waals surface area contributed by atoms with E-state index in [1.807, 2.05) is 36.4 Å². The summed E-state index contributed by atoms with van der Waals surface area (Å²) in [6, 6.07) is 11.6. The van der Waals surface area contributed by atoms with Crippen molar-refractivity contribution in [2.45, 2.75) is 17.6 Å². The Labute approximate surface area is 127 Å². The van der Waals surface area contributed by atoms with E-state index in [0.717, 1.165) is 22.1 Å². The van der Waals surface area contributed by atoms with Gasteiger partial charge in [0.05, 0.1) is 14.2 Å². The molecule has 0 aliphatic carbocycles. The topological polar surface area (TPSA) is 48.1 Å². The number of halogens is 1. The van der Waals surface area contributed by atoms with Crippen LogP contribution in [0, 0.1) is 0 Å². The molecule has 2 aromatic rings. The Bertz CT molecular complexity index is 729. The fourth-order valence-corrected chi connectivity index (χ4v) is 2.86. The van der Waals surface area contributed by atoms with Crippen molar-refractivity contribution in [1.82, 2.24) is 0 Å². The maximum absolute atomic E-state index is 11.7. The molecule has 2 unspecified atom stereocenters. The molecule has 1 aliphatic rings. The van der Waals surface area contributed by atoms with Crippen LogP contribution in [0.4, 0.5) is 0 Å². The minimum absolute atomic E-state index is 0.582. The first-order valence-corrected chi connectivity index (χ1v) is 6.88. The van der Waals surface area contributed by atoms with Gasteiger partial charge in [0.1, 0.15) is 11.4 Å². The van der Waals surface area contributed by atoms with Crippen molar-refractivity contribution in [2.75, 3.05) is 14.2 Å². The standard InChI is InChI=1S/C16H15ClO4/c1-15(16(17,21-15)14(18)20-3)12-6-4-11-9-13(19-2)7-5-10(11)8-12/h4-9H,1-3H3. The summed E-state index contributed by atoms with van der Waals surface area (Å²) in [7, 11) is 2.92. The van der Waals surface area contributed by atoms with E-state index in [0.29, 0.717) is 0 Å². The summed E-state index contributed by atoms with van der Waals surface area (Å²) in [6.45, 7) is 1.78. The minimum Gasteiger partial charge on any atom is -0.497 e.